The summed E-state index contributed by atoms with van der Waals surface area (Å²) in [4.78, 5) is 14.0. The van der Waals surface area contributed by atoms with Gasteiger partial charge in [0, 0.05) is 33.0 Å². The van der Waals surface area contributed by atoms with Gasteiger partial charge in [0.25, 0.3) is 5.91 Å². The summed E-state index contributed by atoms with van der Waals surface area (Å²) in [5, 5.41) is 6.46. The minimum Gasteiger partial charge on any atom is -0.383 e. The molecular weight excluding hydrogens is 234 g/mol. The Morgan fingerprint density at radius 1 is 1.72 bits per heavy atom. The fourth-order valence-electron chi connectivity index (χ4n) is 2.06. The molecule has 1 amide bonds. The molecule has 1 aromatic heterocycles. The van der Waals surface area contributed by atoms with Crippen molar-refractivity contribution in [1.29, 1.82) is 0 Å². The number of rotatable bonds is 6. The predicted molar refractivity (Wildman–Crippen MR) is 65.3 cm³/mol. The number of carbonyl (C=O) groups is 1. The second-order valence-corrected chi connectivity index (χ2v) is 4.37. The highest BCUT2D eigenvalue weighted by atomic mass is 16.5. The third-order valence-electron chi connectivity index (χ3n) is 3.05. The maximum absolute atomic E-state index is 12.3. The van der Waals surface area contributed by atoms with Gasteiger partial charge >= 0.3 is 0 Å². The summed E-state index contributed by atoms with van der Waals surface area (Å²) in [5.74, 6) is -0.0312. The average Bonchev–Trinajstić information content (AvgIpc) is 3.06. The molecule has 6 heteroatoms. The molecule has 1 fully saturated rings. The molecule has 1 aliphatic heterocycles. The van der Waals surface area contributed by atoms with E-state index in [2.05, 4.69) is 10.2 Å². The van der Waals surface area contributed by atoms with Crippen molar-refractivity contribution >= 4 is 5.91 Å². The Morgan fingerprint density at radius 3 is 3.22 bits per heavy atom. The van der Waals surface area contributed by atoms with Crippen molar-refractivity contribution in [3.05, 3.63) is 18.0 Å². The van der Waals surface area contributed by atoms with Crippen LogP contribution in [0.3, 0.4) is 0 Å². The molecule has 2 heterocycles. The summed E-state index contributed by atoms with van der Waals surface area (Å²) in [6, 6.07) is 0. The molecule has 0 saturated carbocycles. The molecule has 18 heavy (non-hydrogen) atoms. The van der Waals surface area contributed by atoms with Crippen LogP contribution in [0.1, 0.15) is 23.2 Å². The number of hydrogen-bond donors (Lipinski definition) is 1. The van der Waals surface area contributed by atoms with Gasteiger partial charge in [0.05, 0.1) is 24.5 Å². The van der Waals surface area contributed by atoms with Crippen LogP contribution < -0.4 is 0 Å². The van der Waals surface area contributed by atoms with Crippen molar-refractivity contribution in [1.82, 2.24) is 15.1 Å². The number of methoxy groups -OCH3 is 1. The van der Waals surface area contributed by atoms with Gasteiger partial charge in [-0.05, 0) is 12.8 Å². The van der Waals surface area contributed by atoms with Gasteiger partial charge in [0.15, 0.2) is 0 Å². The number of carbonyl (C=O) groups excluding carboxylic acids is 1. The summed E-state index contributed by atoms with van der Waals surface area (Å²) in [6.07, 6.45) is 5.39. The van der Waals surface area contributed by atoms with Crippen LogP contribution in [0.5, 0.6) is 0 Å². The maximum Gasteiger partial charge on any atom is 0.257 e. The Labute approximate surface area is 106 Å². The number of ether oxygens (including phenoxy) is 2. The third-order valence-corrected chi connectivity index (χ3v) is 3.05. The quantitative estimate of drug-likeness (QED) is 0.809. The second-order valence-electron chi connectivity index (χ2n) is 4.37. The molecule has 1 saturated heterocycles. The number of hydrogen-bond acceptors (Lipinski definition) is 4. The lowest BCUT2D eigenvalue weighted by atomic mass is 10.2. The minimum absolute atomic E-state index is 0.0312. The summed E-state index contributed by atoms with van der Waals surface area (Å²) in [5.41, 5.74) is 0.573. The molecule has 1 N–H and O–H groups in total. The minimum atomic E-state index is -0.0312. The molecule has 6 nitrogen and oxygen atoms in total. The Bertz CT molecular complexity index is 361. The first-order chi connectivity index (χ1) is 8.81. The second kappa shape index (κ2) is 6.51. The Hall–Kier alpha value is -1.40. The third kappa shape index (κ3) is 3.30. The van der Waals surface area contributed by atoms with Crippen LogP contribution in [0.25, 0.3) is 0 Å². The maximum atomic E-state index is 12.3. The zero-order valence-electron chi connectivity index (χ0n) is 10.6. The summed E-state index contributed by atoms with van der Waals surface area (Å²) >= 11 is 0. The molecule has 0 radical (unpaired) electrons. The molecule has 100 valence electrons. The van der Waals surface area contributed by atoms with E-state index >= 15 is 0 Å². The largest absolute Gasteiger partial charge is 0.383 e. The molecule has 0 spiro atoms. The lowest BCUT2D eigenvalue weighted by molar-refractivity contribution is 0.0456. The van der Waals surface area contributed by atoms with Crippen LogP contribution in [-0.2, 0) is 9.47 Å². The van der Waals surface area contributed by atoms with Gasteiger partial charge in [0.1, 0.15) is 0 Å². The first-order valence-electron chi connectivity index (χ1n) is 6.20. The molecule has 1 aromatic rings. The highest BCUT2D eigenvalue weighted by molar-refractivity contribution is 5.93. The van der Waals surface area contributed by atoms with E-state index in [1.807, 2.05) is 0 Å². The molecule has 0 unspecified atom stereocenters. The van der Waals surface area contributed by atoms with Crippen LogP contribution in [0.15, 0.2) is 12.4 Å². The number of amides is 1. The standard InChI is InChI=1S/C12H19N3O3/c1-17-6-4-15(9-11-3-2-5-18-11)12(16)10-7-13-14-8-10/h7-8,11H,2-6,9H2,1H3,(H,13,14)/t11-/m0/s1. The van der Waals surface area contributed by atoms with Gasteiger partial charge in [0.2, 0.25) is 0 Å². The van der Waals surface area contributed by atoms with Crippen LogP contribution in [-0.4, -0.2) is 60.5 Å². The summed E-state index contributed by atoms with van der Waals surface area (Å²) < 4.78 is 10.6. The highest BCUT2D eigenvalue weighted by Crippen LogP contribution is 2.14. The number of aromatic amines is 1. The topological polar surface area (TPSA) is 67.5 Å². The molecular formula is C12H19N3O3. The number of aromatic nitrogens is 2. The van der Waals surface area contributed by atoms with Gasteiger partial charge in [-0.15, -0.1) is 0 Å². The molecule has 0 bridgehead atoms. The predicted octanol–water partition coefficient (Wildman–Crippen LogP) is 0.677. The van der Waals surface area contributed by atoms with E-state index in [4.69, 9.17) is 9.47 Å². The smallest absolute Gasteiger partial charge is 0.257 e. The fourth-order valence-corrected chi connectivity index (χ4v) is 2.06. The normalized spacial score (nSPS) is 19.1. The van der Waals surface area contributed by atoms with E-state index in [1.165, 1.54) is 6.20 Å². The Kier molecular flexibility index (Phi) is 4.72. The van der Waals surface area contributed by atoms with Gasteiger partial charge in [-0.1, -0.05) is 0 Å². The van der Waals surface area contributed by atoms with Crippen LogP contribution in [0.4, 0.5) is 0 Å². The lowest BCUT2D eigenvalue weighted by Crippen LogP contribution is -2.39. The van der Waals surface area contributed by atoms with Crippen molar-refractivity contribution in [3.63, 3.8) is 0 Å². The highest BCUT2D eigenvalue weighted by Gasteiger charge is 2.23. The molecule has 0 aromatic carbocycles. The van der Waals surface area contributed by atoms with Crippen molar-refractivity contribution in [3.8, 4) is 0 Å². The number of H-pyrrole nitrogens is 1. The monoisotopic (exact) mass is 253 g/mol. The van der Waals surface area contributed by atoms with Gasteiger partial charge in [-0.3, -0.25) is 9.89 Å². The molecule has 1 aliphatic rings. The summed E-state index contributed by atoms with van der Waals surface area (Å²) in [7, 11) is 1.63. The first kappa shape index (κ1) is 13.0. The van der Waals surface area contributed by atoms with E-state index in [0.717, 1.165) is 19.4 Å². The van der Waals surface area contributed by atoms with E-state index in [1.54, 1.807) is 18.2 Å². The fraction of sp³-hybridized carbons (Fsp3) is 0.667. The van der Waals surface area contributed by atoms with E-state index in [0.29, 0.717) is 25.3 Å². The zero-order chi connectivity index (χ0) is 12.8. The SMILES string of the molecule is COCCN(C[C@@H]1CCCO1)C(=O)c1cn[nH]c1. The van der Waals surface area contributed by atoms with Crippen molar-refractivity contribution < 1.29 is 14.3 Å². The number of nitrogens with zero attached hydrogens (tertiary/aromatic N) is 2. The average molecular weight is 253 g/mol. The van der Waals surface area contributed by atoms with Gasteiger partial charge in [-0.25, -0.2) is 0 Å². The van der Waals surface area contributed by atoms with Crippen molar-refractivity contribution in [2.75, 3.05) is 33.4 Å². The number of nitrogens with one attached hydrogen (secondary N) is 1. The lowest BCUT2D eigenvalue weighted by Gasteiger charge is -2.24. The van der Waals surface area contributed by atoms with Crippen LogP contribution in [0, 0.1) is 0 Å². The first-order valence-corrected chi connectivity index (χ1v) is 6.20. The van der Waals surface area contributed by atoms with Crippen molar-refractivity contribution in [2.45, 2.75) is 18.9 Å². The van der Waals surface area contributed by atoms with Gasteiger partial charge < -0.3 is 14.4 Å². The molecule has 2 rings (SSSR count). The Balaban J connectivity index is 1.96. The van der Waals surface area contributed by atoms with E-state index in [9.17, 15) is 4.79 Å². The molecule has 0 aliphatic carbocycles. The van der Waals surface area contributed by atoms with E-state index < -0.39 is 0 Å². The van der Waals surface area contributed by atoms with Crippen LogP contribution >= 0.6 is 0 Å². The van der Waals surface area contributed by atoms with Crippen LogP contribution in [0.2, 0.25) is 0 Å². The van der Waals surface area contributed by atoms with Gasteiger partial charge in [-0.2, -0.15) is 5.10 Å². The molecule has 1 atom stereocenters. The summed E-state index contributed by atoms with van der Waals surface area (Å²) in [6.45, 7) is 2.51. The Morgan fingerprint density at radius 2 is 2.61 bits per heavy atom. The van der Waals surface area contributed by atoms with Crippen molar-refractivity contribution in [2.24, 2.45) is 0 Å². The van der Waals surface area contributed by atoms with E-state index in [-0.39, 0.29) is 12.0 Å². The zero-order valence-corrected chi connectivity index (χ0v) is 10.6.